The Balaban J connectivity index is 1.94. The quantitative estimate of drug-likeness (QED) is 0.567. The molecule has 102 valence electrons. The molecular weight excluding hydrogens is 230 g/mol. The van der Waals surface area contributed by atoms with Crippen molar-refractivity contribution in [3.63, 3.8) is 0 Å². The van der Waals surface area contributed by atoms with Crippen LogP contribution in [0.3, 0.4) is 0 Å². The Morgan fingerprint density at radius 1 is 1.11 bits per heavy atom. The Hall–Kier alpha value is -0.940. The molecule has 5 heteroatoms. The molecule has 2 aliphatic rings. The summed E-state index contributed by atoms with van der Waals surface area (Å²) in [6.45, 7) is 3.11. The van der Waals surface area contributed by atoms with Crippen LogP contribution in [0.15, 0.2) is 0 Å². The second-order valence-corrected chi connectivity index (χ2v) is 5.34. The lowest BCUT2D eigenvalue weighted by molar-refractivity contribution is -0.141. The van der Waals surface area contributed by atoms with E-state index in [1.807, 2.05) is 4.90 Å². The number of amides is 1. The molecule has 0 aliphatic carbocycles. The molecule has 2 aliphatic heterocycles. The minimum Gasteiger partial charge on any atom is -0.341 e. The first kappa shape index (κ1) is 13.5. The van der Waals surface area contributed by atoms with Crippen molar-refractivity contribution in [2.45, 2.75) is 44.2 Å². The highest BCUT2D eigenvalue weighted by molar-refractivity contribution is 5.95. The van der Waals surface area contributed by atoms with Gasteiger partial charge in [-0.25, -0.2) is 0 Å². The van der Waals surface area contributed by atoms with Gasteiger partial charge in [-0.05, 0) is 38.8 Å². The van der Waals surface area contributed by atoms with E-state index in [0.717, 1.165) is 45.1 Å². The zero-order valence-electron chi connectivity index (χ0n) is 10.9. The number of piperidine rings is 2. The Labute approximate surface area is 108 Å². The summed E-state index contributed by atoms with van der Waals surface area (Å²) in [4.78, 5) is 27.4. The van der Waals surface area contributed by atoms with Crippen LogP contribution in [-0.2, 0) is 9.59 Å². The van der Waals surface area contributed by atoms with Gasteiger partial charge in [-0.1, -0.05) is 6.42 Å². The summed E-state index contributed by atoms with van der Waals surface area (Å²) < 4.78 is 0. The minimum absolute atomic E-state index is 0.0289. The van der Waals surface area contributed by atoms with Crippen LogP contribution < -0.4 is 5.73 Å². The van der Waals surface area contributed by atoms with E-state index < -0.39 is 6.04 Å². The molecule has 18 heavy (non-hydrogen) atoms. The zero-order chi connectivity index (χ0) is 13.0. The van der Waals surface area contributed by atoms with E-state index in [-0.39, 0.29) is 11.9 Å². The zero-order valence-corrected chi connectivity index (χ0v) is 10.9. The number of likely N-dealkylation sites (tertiary alicyclic amines) is 2. The Bertz CT molecular complexity index is 295. The van der Waals surface area contributed by atoms with Crippen molar-refractivity contribution in [2.24, 2.45) is 5.73 Å². The number of hydrogen-bond acceptors (Lipinski definition) is 4. The van der Waals surface area contributed by atoms with Gasteiger partial charge in [-0.3, -0.25) is 9.69 Å². The molecule has 1 atom stereocenters. The highest BCUT2D eigenvalue weighted by Gasteiger charge is 2.31. The number of rotatable bonds is 3. The SMILES string of the molecule is NC1CCN(C(=O)C(C=O)N2CCCCC2)CC1. The maximum atomic E-state index is 12.3. The first-order valence-corrected chi connectivity index (χ1v) is 6.96. The highest BCUT2D eigenvalue weighted by atomic mass is 16.2. The summed E-state index contributed by atoms with van der Waals surface area (Å²) in [5, 5.41) is 0. The van der Waals surface area contributed by atoms with Gasteiger partial charge < -0.3 is 15.4 Å². The predicted octanol–water partition coefficient (Wildman–Crippen LogP) is -0.0105. The summed E-state index contributed by atoms with van der Waals surface area (Å²) >= 11 is 0. The third kappa shape index (κ3) is 3.09. The molecule has 0 aromatic heterocycles. The predicted molar refractivity (Wildman–Crippen MR) is 69.1 cm³/mol. The maximum Gasteiger partial charge on any atom is 0.247 e. The third-order valence-corrected chi connectivity index (χ3v) is 4.02. The normalized spacial score (nSPS) is 24.8. The monoisotopic (exact) mass is 253 g/mol. The van der Waals surface area contributed by atoms with Crippen LogP contribution in [0, 0.1) is 0 Å². The number of nitrogens with two attached hydrogens (primary N) is 1. The molecule has 0 radical (unpaired) electrons. The molecule has 0 saturated carbocycles. The van der Waals surface area contributed by atoms with Crippen molar-refractivity contribution in [3.05, 3.63) is 0 Å². The summed E-state index contributed by atoms with van der Waals surface area (Å²) in [6.07, 6.45) is 5.87. The second-order valence-electron chi connectivity index (χ2n) is 5.34. The molecule has 2 rings (SSSR count). The van der Waals surface area contributed by atoms with E-state index in [2.05, 4.69) is 0 Å². The maximum absolute atomic E-state index is 12.3. The summed E-state index contributed by atoms with van der Waals surface area (Å²) in [5.74, 6) is -0.0289. The lowest BCUT2D eigenvalue weighted by atomic mass is 10.0. The Morgan fingerprint density at radius 3 is 2.28 bits per heavy atom. The molecule has 5 nitrogen and oxygen atoms in total. The first-order valence-electron chi connectivity index (χ1n) is 6.96. The molecule has 2 saturated heterocycles. The Morgan fingerprint density at radius 2 is 1.72 bits per heavy atom. The Kier molecular flexibility index (Phi) is 4.72. The van der Waals surface area contributed by atoms with Gasteiger partial charge in [0.1, 0.15) is 12.3 Å². The van der Waals surface area contributed by atoms with Crippen LogP contribution in [0.4, 0.5) is 0 Å². The number of aldehydes is 1. The minimum atomic E-state index is -0.570. The van der Waals surface area contributed by atoms with Gasteiger partial charge in [0.25, 0.3) is 0 Å². The van der Waals surface area contributed by atoms with Crippen molar-refractivity contribution < 1.29 is 9.59 Å². The number of nitrogens with zero attached hydrogens (tertiary/aromatic N) is 2. The molecule has 2 heterocycles. The van der Waals surface area contributed by atoms with Crippen molar-refractivity contribution in [3.8, 4) is 0 Å². The molecule has 0 spiro atoms. The first-order chi connectivity index (χ1) is 8.72. The fourth-order valence-electron chi connectivity index (χ4n) is 2.80. The van der Waals surface area contributed by atoms with Crippen molar-refractivity contribution in [1.29, 1.82) is 0 Å². The summed E-state index contributed by atoms with van der Waals surface area (Å²) in [7, 11) is 0. The van der Waals surface area contributed by atoms with E-state index >= 15 is 0 Å². The molecule has 0 bridgehead atoms. The molecular formula is C13H23N3O2. The molecule has 2 fully saturated rings. The number of carbonyl (C=O) groups excluding carboxylic acids is 2. The van der Waals surface area contributed by atoms with E-state index in [4.69, 9.17) is 5.73 Å². The van der Waals surface area contributed by atoms with E-state index in [1.165, 1.54) is 6.42 Å². The summed E-state index contributed by atoms with van der Waals surface area (Å²) in [6, 6.07) is -0.363. The lowest BCUT2D eigenvalue weighted by Gasteiger charge is -2.36. The molecule has 2 N–H and O–H groups in total. The van der Waals surface area contributed by atoms with Crippen molar-refractivity contribution >= 4 is 12.2 Å². The topological polar surface area (TPSA) is 66.6 Å². The average molecular weight is 253 g/mol. The molecule has 0 aromatic rings. The fraction of sp³-hybridized carbons (Fsp3) is 0.846. The molecule has 1 amide bonds. The number of hydrogen-bond donors (Lipinski definition) is 1. The van der Waals surface area contributed by atoms with Gasteiger partial charge in [-0.2, -0.15) is 0 Å². The van der Waals surface area contributed by atoms with Crippen molar-refractivity contribution in [1.82, 2.24) is 9.80 Å². The van der Waals surface area contributed by atoms with E-state index in [1.54, 1.807) is 4.90 Å². The van der Waals surface area contributed by atoms with Gasteiger partial charge in [0.05, 0.1) is 0 Å². The van der Waals surface area contributed by atoms with Crippen LogP contribution in [0.25, 0.3) is 0 Å². The van der Waals surface area contributed by atoms with Gasteiger partial charge in [-0.15, -0.1) is 0 Å². The van der Waals surface area contributed by atoms with Gasteiger partial charge in [0.15, 0.2) is 0 Å². The average Bonchev–Trinajstić information content (AvgIpc) is 2.41. The summed E-state index contributed by atoms with van der Waals surface area (Å²) in [5.41, 5.74) is 5.83. The molecule has 1 unspecified atom stereocenters. The second kappa shape index (κ2) is 6.29. The van der Waals surface area contributed by atoms with Gasteiger partial charge >= 0.3 is 0 Å². The number of carbonyl (C=O) groups is 2. The standard InChI is InChI=1S/C13H23N3O2/c14-11-4-8-16(9-5-11)13(18)12(10-17)15-6-2-1-3-7-15/h10-12H,1-9,14H2. The van der Waals surface area contributed by atoms with Crippen LogP contribution in [0.1, 0.15) is 32.1 Å². The van der Waals surface area contributed by atoms with E-state index in [0.29, 0.717) is 13.1 Å². The van der Waals surface area contributed by atoms with Gasteiger partial charge in [0, 0.05) is 19.1 Å². The van der Waals surface area contributed by atoms with Crippen LogP contribution in [0.5, 0.6) is 0 Å². The molecule has 0 aromatic carbocycles. The van der Waals surface area contributed by atoms with Crippen LogP contribution in [-0.4, -0.2) is 60.3 Å². The van der Waals surface area contributed by atoms with Crippen molar-refractivity contribution in [2.75, 3.05) is 26.2 Å². The van der Waals surface area contributed by atoms with E-state index in [9.17, 15) is 9.59 Å². The largest absolute Gasteiger partial charge is 0.341 e. The third-order valence-electron chi connectivity index (χ3n) is 4.02. The van der Waals surface area contributed by atoms with Gasteiger partial charge in [0.2, 0.25) is 5.91 Å². The lowest BCUT2D eigenvalue weighted by Crippen LogP contribution is -2.53. The fourth-order valence-corrected chi connectivity index (χ4v) is 2.80. The smallest absolute Gasteiger partial charge is 0.247 e. The highest BCUT2D eigenvalue weighted by Crippen LogP contribution is 2.15. The van der Waals surface area contributed by atoms with Crippen LogP contribution >= 0.6 is 0 Å². The van der Waals surface area contributed by atoms with Crippen LogP contribution in [0.2, 0.25) is 0 Å².